The standard InChI is InChI=1S/C19H24N4O/c1-13(2)9-10-16-14(3)21-19(22-18(16)24)23-12-11-20-17(23)15-7-5-4-6-8-15/h4-8,13H,9-12H2,1-3H3,(H,21,22,24). The molecule has 0 saturated carbocycles. The molecule has 3 rings (SSSR count). The molecular formula is C19H24N4O. The topological polar surface area (TPSA) is 61.4 Å². The number of nitrogens with one attached hydrogen (secondary N) is 1. The van der Waals surface area contributed by atoms with Crippen molar-refractivity contribution in [2.45, 2.75) is 33.6 Å². The predicted molar refractivity (Wildman–Crippen MR) is 97.9 cm³/mol. The molecule has 5 heteroatoms. The molecule has 2 heterocycles. The second-order valence-corrected chi connectivity index (χ2v) is 6.61. The van der Waals surface area contributed by atoms with Gasteiger partial charge in [0.2, 0.25) is 5.95 Å². The van der Waals surface area contributed by atoms with Crippen molar-refractivity contribution >= 4 is 11.8 Å². The number of aromatic nitrogens is 2. The highest BCUT2D eigenvalue weighted by atomic mass is 16.1. The molecular weight excluding hydrogens is 300 g/mol. The van der Waals surface area contributed by atoms with Gasteiger partial charge in [-0.05, 0) is 25.7 Å². The maximum Gasteiger partial charge on any atom is 0.255 e. The molecule has 2 aromatic rings. The van der Waals surface area contributed by atoms with E-state index in [1.165, 1.54) is 0 Å². The quantitative estimate of drug-likeness (QED) is 0.920. The summed E-state index contributed by atoms with van der Waals surface area (Å²) in [7, 11) is 0. The number of rotatable bonds is 5. The molecule has 0 spiro atoms. The van der Waals surface area contributed by atoms with E-state index in [1.807, 2.05) is 42.2 Å². The summed E-state index contributed by atoms with van der Waals surface area (Å²) < 4.78 is 0. The van der Waals surface area contributed by atoms with Crippen LogP contribution in [0.4, 0.5) is 5.95 Å². The van der Waals surface area contributed by atoms with Gasteiger partial charge in [0, 0.05) is 23.4 Å². The van der Waals surface area contributed by atoms with E-state index >= 15 is 0 Å². The van der Waals surface area contributed by atoms with E-state index in [2.05, 4.69) is 28.8 Å². The Balaban J connectivity index is 1.90. The fraction of sp³-hybridized carbons (Fsp3) is 0.421. The van der Waals surface area contributed by atoms with Gasteiger partial charge in [-0.15, -0.1) is 0 Å². The van der Waals surface area contributed by atoms with Crippen LogP contribution in [0.15, 0.2) is 40.1 Å². The van der Waals surface area contributed by atoms with E-state index < -0.39 is 0 Å². The summed E-state index contributed by atoms with van der Waals surface area (Å²) in [5, 5.41) is 0. The number of H-pyrrole nitrogens is 1. The summed E-state index contributed by atoms with van der Waals surface area (Å²) >= 11 is 0. The van der Waals surface area contributed by atoms with Crippen molar-refractivity contribution < 1.29 is 0 Å². The molecule has 126 valence electrons. The van der Waals surface area contributed by atoms with Gasteiger partial charge in [0.15, 0.2) is 0 Å². The van der Waals surface area contributed by atoms with E-state index in [9.17, 15) is 4.79 Å². The van der Waals surface area contributed by atoms with Crippen molar-refractivity contribution in [2.24, 2.45) is 10.9 Å². The monoisotopic (exact) mass is 324 g/mol. The first-order valence-corrected chi connectivity index (χ1v) is 8.53. The molecule has 1 N–H and O–H groups in total. The lowest BCUT2D eigenvalue weighted by molar-refractivity contribution is 0.582. The lowest BCUT2D eigenvalue weighted by atomic mass is 10.0. The van der Waals surface area contributed by atoms with Gasteiger partial charge in [-0.25, -0.2) is 4.98 Å². The van der Waals surface area contributed by atoms with Crippen LogP contribution in [0.5, 0.6) is 0 Å². The van der Waals surface area contributed by atoms with E-state index in [0.29, 0.717) is 18.4 Å². The van der Waals surface area contributed by atoms with Gasteiger partial charge < -0.3 is 0 Å². The lowest BCUT2D eigenvalue weighted by Gasteiger charge is -2.20. The molecule has 24 heavy (non-hydrogen) atoms. The Labute approximate surface area is 142 Å². The fourth-order valence-corrected chi connectivity index (χ4v) is 2.94. The highest BCUT2D eigenvalue weighted by molar-refractivity contribution is 6.10. The van der Waals surface area contributed by atoms with E-state index in [1.54, 1.807) is 0 Å². The van der Waals surface area contributed by atoms with Crippen molar-refractivity contribution in [3.05, 3.63) is 57.5 Å². The van der Waals surface area contributed by atoms with Crippen molar-refractivity contribution in [1.29, 1.82) is 0 Å². The largest absolute Gasteiger partial charge is 0.294 e. The maximum absolute atomic E-state index is 12.5. The molecule has 0 fully saturated rings. The molecule has 1 aromatic heterocycles. The molecule has 5 nitrogen and oxygen atoms in total. The molecule has 0 saturated heterocycles. The Kier molecular flexibility index (Phi) is 4.79. The van der Waals surface area contributed by atoms with Gasteiger partial charge in [0.1, 0.15) is 5.84 Å². The van der Waals surface area contributed by atoms with Crippen molar-refractivity contribution in [3.63, 3.8) is 0 Å². The minimum atomic E-state index is -0.0301. The summed E-state index contributed by atoms with van der Waals surface area (Å²) in [4.78, 5) is 26.7. The van der Waals surface area contributed by atoms with Crippen LogP contribution in [0.2, 0.25) is 0 Å². The summed E-state index contributed by atoms with van der Waals surface area (Å²) in [5.41, 5.74) is 2.62. The molecule has 0 bridgehead atoms. The molecule has 0 unspecified atom stereocenters. The Hall–Kier alpha value is -2.43. The molecule has 0 radical (unpaired) electrons. The Morgan fingerprint density at radius 2 is 2.00 bits per heavy atom. The SMILES string of the molecule is Cc1nc(N2CCN=C2c2ccccc2)[nH]c(=O)c1CCC(C)C. The van der Waals surface area contributed by atoms with Crippen molar-refractivity contribution in [1.82, 2.24) is 9.97 Å². The molecule has 0 aliphatic carbocycles. The van der Waals surface area contributed by atoms with Crippen molar-refractivity contribution in [2.75, 3.05) is 18.0 Å². The van der Waals surface area contributed by atoms with Crippen LogP contribution in [-0.2, 0) is 6.42 Å². The van der Waals surface area contributed by atoms with E-state index in [0.717, 1.165) is 42.0 Å². The van der Waals surface area contributed by atoms with Crippen LogP contribution in [0.1, 0.15) is 37.1 Å². The number of aromatic amines is 1. The first kappa shape index (κ1) is 16.4. The number of hydrogen-bond acceptors (Lipinski definition) is 4. The number of benzene rings is 1. The van der Waals surface area contributed by atoms with Gasteiger partial charge in [-0.1, -0.05) is 44.2 Å². The zero-order valence-electron chi connectivity index (χ0n) is 14.5. The first-order chi connectivity index (χ1) is 11.6. The normalized spacial score (nSPS) is 14.3. The van der Waals surface area contributed by atoms with Gasteiger partial charge >= 0.3 is 0 Å². The number of aryl methyl sites for hydroxylation is 1. The zero-order valence-corrected chi connectivity index (χ0v) is 14.5. The summed E-state index contributed by atoms with van der Waals surface area (Å²) in [6, 6.07) is 10.0. The van der Waals surface area contributed by atoms with Crippen LogP contribution >= 0.6 is 0 Å². The third-order valence-electron chi connectivity index (χ3n) is 4.31. The number of anilines is 1. The first-order valence-electron chi connectivity index (χ1n) is 8.53. The smallest absolute Gasteiger partial charge is 0.255 e. The average molecular weight is 324 g/mol. The maximum atomic E-state index is 12.5. The number of amidine groups is 1. The fourth-order valence-electron chi connectivity index (χ4n) is 2.94. The highest BCUT2D eigenvalue weighted by Gasteiger charge is 2.23. The lowest BCUT2D eigenvalue weighted by Crippen LogP contribution is -2.32. The van der Waals surface area contributed by atoms with Crippen LogP contribution < -0.4 is 10.5 Å². The van der Waals surface area contributed by atoms with E-state index in [4.69, 9.17) is 0 Å². The van der Waals surface area contributed by atoms with Crippen LogP contribution in [0.3, 0.4) is 0 Å². The van der Waals surface area contributed by atoms with Gasteiger partial charge in [0.25, 0.3) is 5.56 Å². The Bertz CT molecular complexity index is 793. The Morgan fingerprint density at radius 1 is 1.25 bits per heavy atom. The van der Waals surface area contributed by atoms with Crippen LogP contribution in [0, 0.1) is 12.8 Å². The molecule has 0 amide bonds. The Morgan fingerprint density at radius 3 is 2.67 bits per heavy atom. The predicted octanol–water partition coefficient (Wildman–Crippen LogP) is 2.93. The van der Waals surface area contributed by atoms with Crippen molar-refractivity contribution in [3.8, 4) is 0 Å². The third-order valence-corrected chi connectivity index (χ3v) is 4.31. The summed E-state index contributed by atoms with van der Waals surface area (Å²) in [5.74, 6) is 2.03. The second-order valence-electron chi connectivity index (χ2n) is 6.61. The van der Waals surface area contributed by atoms with Gasteiger partial charge in [0.05, 0.1) is 6.54 Å². The second kappa shape index (κ2) is 6.99. The zero-order chi connectivity index (χ0) is 17.1. The number of nitrogens with zero attached hydrogens (tertiary/aromatic N) is 3. The summed E-state index contributed by atoms with van der Waals surface area (Å²) in [6.45, 7) is 7.69. The molecule has 1 aromatic carbocycles. The number of aliphatic imine (C=N–C) groups is 1. The summed E-state index contributed by atoms with van der Waals surface area (Å²) in [6.07, 6.45) is 1.76. The molecule has 1 aliphatic heterocycles. The minimum Gasteiger partial charge on any atom is -0.294 e. The van der Waals surface area contributed by atoms with Gasteiger partial charge in [-0.2, -0.15) is 0 Å². The van der Waals surface area contributed by atoms with Gasteiger partial charge in [-0.3, -0.25) is 19.7 Å². The van der Waals surface area contributed by atoms with Crippen LogP contribution in [-0.4, -0.2) is 28.9 Å². The molecule has 0 atom stereocenters. The van der Waals surface area contributed by atoms with Crippen LogP contribution in [0.25, 0.3) is 0 Å². The average Bonchev–Trinajstić information content (AvgIpc) is 3.04. The number of hydrogen-bond donors (Lipinski definition) is 1. The minimum absolute atomic E-state index is 0.0301. The highest BCUT2D eigenvalue weighted by Crippen LogP contribution is 2.18. The molecule has 1 aliphatic rings. The van der Waals surface area contributed by atoms with E-state index in [-0.39, 0.29) is 5.56 Å². The third kappa shape index (κ3) is 3.40.